The molecule has 2 N–H and O–H groups in total. The number of carbonyl (C=O) groups excluding carboxylic acids is 1. The molecule has 8 nitrogen and oxygen atoms in total. The van der Waals surface area contributed by atoms with Crippen molar-refractivity contribution in [3.05, 3.63) is 46.8 Å². The van der Waals surface area contributed by atoms with Crippen LogP contribution in [0.2, 0.25) is 0 Å². The number of aryl methyl sites for hydroxylation is 1. The van der Waals surface area contributed by atoms with Gasteiger partial charge in [-0.3, -0.25) is 9.78 Å². The van der Waals surface area contributed by atoms with Crippen molar-refractivity contribution in [2.24, 2.45) is 0 Å². The van der Waals surface area contributed by atoms with E-state index >= 15 is 0 Å². The molecule has 2 aromatic rings. The second kappa shape index (κ2) is 8.36. The maximum absolute atomic E-state index is 12.5. The van der Waals surface area contributed by atoms with Crippen molar-refractivity contribution >= 4 is 15.9 Å². The average molecular weight is 393 g/mol. The highest BCUT2D eigenvalue weighted by Gasteiger charge is 2.20. The lowest BCUT2D eigenvalue weighted by Gasteiger charge is -2.13. The SMILES string of the molecule is CNS(=O)(=O)c1cc(C(=O)NCc2ncc(C)c(OC)c2C)ccc1OC. The number of aromatic nitrogens is 1. The number of benzene rings is 1. The van der Waals surface area contributed by atoms with E-state index < -0.39 is 15.9 Å². The zero-order chi connectivity index (χ0) is 20.2. The molecular formula is C18H23N3O5S. The molecule has 0 bridgehead atoms. The summed E-state index contributed by atoms with van der Waals surface area (Å²) < 4.78 is 36.9. The molecule has 0 aliphatic heterocycles. The van der Waals surface area contributed by atoms with Crippen molar-refractivity contribution < 1.29 is 22.7 Å². The van der Waals surface area contributed by atoms with E-state index in [2.05, 4.69) is 15.0 Å². The third kappa shape index (κ3) is 4.37. The third-order valence-electron chi connectivity index (χ3n) is 4.15. The number of hydrogen-bond donors (Lipinski definition) is 2. The highest BCUT2D eigenvalue weighted by atomic mass is 32.2. The molecule has 1 heterocycles. The predicted molar refractivity (Wildman–Crippen MR) is 101 cm³/mol. The van der Waals surface area contributed by atoms with Crippen LogP contribution >= 0.6 is 0 Å². The zero-order valence-electron chi connectivity index (χ0n) is 15.9. The van der Waals surface area contributed by atoms with Gasteiger partial charge in [-0.25, -0.2) is 13.1 Å². The first-order chi connectivity index (χ1) is 12.7. The summed E-state index contributed by atoms with van der Waals surface area (Å²) in [6.07, 6.45) is 1.68. The maximum Gasteiger partial charge on any atom is 0.251 e. The smallest absolute Gasteiger partial charge is 0.251 e. The van der Waals surface area contributed by atoms with Crippen LogP contribution in [0.15, 0.2) is 29.3 Å². The summed E-state index contributed by atoms with van der Waals surface area (Å²) in [7, 11) is 0.470. The average Bonchev–Trinajstić information content (AvgIpc) is 2.67. The minimum Gasteiger partial charge on any atom is -0.496 e. The van der Waals surface area contributed by atoms with Gasteiger partial charge in [0.15, 0.2) is 0 Å². The van der Waals surface area contributed by atoms with Crippen LogP contribution in [-0.2, 0) is 16.6 Å². The molecule has 9 heteroatoms. The molecule has 0 spiro atoms. The van der Waals surface area contributed by atoms with Crippen molar-refractivity contribution in [3.63, 3.8) is 0 Å². The van der Waals surface area contributed by atoms with E-state index in [4.69, 9.17) is 9.47 Å². The van der Waals surface area contributed by atoms with E-state index in [1.165, 1.54) is 32.4 Å². The Bertz CT molecular complexity index is 958. The maximum atomic E-state index is 12.5. The summed E-state index contributed by atoms with van der Waals surface area (Å²) in [4.78, 5) is 16.7. The zero-order valence-corrected chi connectivity index (χ0v) is 16.7. The van der Waals surface area contributed by atoms with Gasteiger partial charge in [-0.15, -0.1) is 0 Å². The Kier molecular flexibility index (Phi) is 6.40. The number of methoxy groups -OCH3 is 2. The molecule has 0 unspecified atom stereocenters. The molecule has 1 amide bonds. The number of nitrogens with zero attached hydrogens (tertiary/aromatic N) is 1. The predicted octanol–water partition coefficient (Wildman–Crippen LogP) is 1.55. The van der Waals surface area contributed by atoms with E-state index in [-0.39, 0.29) is 22.8 Å². The lowest BCUT2D eigenvalue weighted by atomic mass is 10.1. The molecule has 0 saturated carbocycles. The quantitative estimate of drug-likeness (QED) is 0.739. The van der Waals surface area contributed by atoms with E-state index in [1.54, 1.807) is 13.3 Å². The molecule has 1 aromatic carbocycles. The minimum atomic E-state index is -3.77. The lowest BCUT2D eigenvalue weighted by Crippen LogP contribution is -2.25. The number of rotatable bonds is 7. The summed E-state index contributed by atoms with van der Waals surface area (Å²) >= 11 is 0. The number of carbonyl (C=O) groups is 1. The van der Waals surface area contributed by atoms with Gasteiger partial charge in [0.05, 0.1) is 26.5 Å². The van der Waals surface area contributed by atoms with Gasteiger partial charge in [0.2, 0.25) is 10.0 Å². The highest BCUT2D eigenvalue weighted by Crippen LogP contribution is 2.25. The Morgan fingerprint density at radius 1 is 1.19 bits per heavy atom. The summed E-state index contributed by atoms with van der Waals surface area (Å²) in [6.45, 7) is 3.94. The van der Waals surface area contributed by atoms with Crippen molar-refractivity contribution in [1.82, 2.24) is 15.0 Å². The van der Waals surface area contributed by atoms with Crippen LogP contribution in [0.4, 0.5) is 0 Å². The molecular weight excluding hydrogens is 370 g/mol. The monoisotopic (exact) mass is 393 g/mol. The summed E-state index contributed by atoms with van der Waals surface area (Å²) in [5, 5.41) is 2.75. The van der Waals surface area contributed by atoms with Crippen LogP contribution in [0, 0.1) is 13.8 Å². The Hall–Kier alpha value is -2.65. The standard InChI is InChI=1S/C18H23N3O5S/c1-11-9-20-14(12(2)17(11)26-5)10-21-18(22)13-6-7-15(25-4)16(8-13)27(23,24)19-3/h6-9,19H,10H2,1-5H3,(H,21,22). The van der Waals surface area contributed by atoms with Crippen LogP contribution in [0.5, 0.6) is 11.5 Å². The molecule has 0 aliphatic carbocycles. The van der Waals surface area contributed by atoms with Gasteiger partial charge in [-0.1, -0.05) is 0 Å². The molecule has 1 aromatic heterocycles. The van der Waals surface area contributed by atoms with Gasteiger partial charge in [0.25, 0.3) is 5.91 Å². The number of hydrogen-bond acceptors (Lipinski definition) is 6. The second-order valence-electron chi connectivity index (χ2n) is 5.80. The first kappa shape index (κ1) is 20.7. The third-order valence-corrected chi connectivity index (χ3v) is 5.59. The van der Waals surface area contributed by atoms with Gasteiger partial charge in [-0.05, 0) is 39.1 Å². The topological polar surface area (TPSA) is 107 Å². The van der Waals surface area contributed by atoms with Crippen LogP contribution in [0.1, 0.15) is 27.2 Å². The number of amides is 1. The number of nitrogens with one attached hydrogen (secondary N) is 2. The fourth-order valence-corrected chi connectivity index (χ4v) is 3.57. The van der Waals surface area contributed by atoms with Crippen LogP contribution in [-0.4, -0.2) is 40.6 Å². The molecule has 146 valence electrons. The molecule has 0 atom stereocenters. The van der Waals surface area contributed by atoms with Crippen molar-refractivity contribution in [1.29, 1.82) is 0 Å². The van der Waals surface area contributed by atoms with Gasteiger partial charge in [-0.2, -0.15) is 0 Å². The lowest BCUT2D eigenvalue weighted by molar-refractivity contribution is 0.0950. The van der Waals surface area contributed by atoms with Crippen LogP contribution < -0.4 is 19.5 Å². The summed E-state index contributed by atoms with van der Waals surface area (Å²) in [5.41, 5.74) is 2.61. The largest absolute Gasteiger partial charge is 0.496 e. The molecule has 0 saturated heterocycles. The number of ether oxygens (including phenoxy) is 2. The molecule has 0 aliphatic rings. The summed E-state index contributed by atoms with van der Waals surface area (Å²) in [5.74, 6) is 0.453. The first-order valence-corrected chi connectivity index (χ1v) is 9.62. The van der Waals surface area contributed by atoms with E-state index in [0.29, 0.717) is 5.69 Å². The highest BCUT2D eigenvalue weighted by molar-refractivity contribution is 7.89. The second-order valence-corrected chi connectivity index (χ2v) is 7.66. The van der Waals surface area contributed by atoms with Crippen LogP contribution in [0.3, 0.4) is 0 Å². The fourth-order valence-electron chi connectivity index (χ4n) is 2.65. The summed E-state index contributed by atoms with van der Waals surface area (Å²) in [6, 6.07) is 4.21. The van der Waals surface area contributed by atoms with E-state index in [0.717, 1.165) is 16.9 Å². The normalized spacial score (nSPS) is 11.1. The first-order valence-electron chi connectivity index (χ1n) is 8.14. The number of pyridine rings is 1. The van der Waals surface area contributed by atoms with Gasteiger partial charge in [0.1, 0.15) is 16.4 Å². The molecule has 0 fully saturated rings. The van der Waals surface area contributed by atoms with E-state index in [1.807, 2.05) is 13.8 Å². The molecule has 27 heavy (non-hydrogen) atoms. The van der Waals surface area contributed by atoms with Crippen molar-refractivity contribution in [2.75, 3.05) is 21.3 Å². The van der Waals surface area contributed by atoms with Gasteiger partial charge >= 0.3 is 0 Å². The van der Waals surface area contributed by atoms with Crippen molar-refractivity contribution in [2.45, 2.75) is 25.3 Å². The van der Waals surface area contributed by atoms with E-state index in [9.17, 15) is 13.2 Å². The molecule has 2 rings (SSSR count). The Balaban J connectivity index is 2.26. The van der Waals surface area contributed by atoms with Crippen molar-refractivity contribution in [3.8, 4) is 11.5 Å². The Labute approximate surface area is 159 Å². The number of sulfonamides is 1. The molecule has 0 radical (unpaired) electrons. The Morgan fingerprint density at radius 2 is 1.89 bits per heavy atom. The fraction of sp³-hybridized carbons (Fsp3) is 0.333. The van der Waals surface area contributed by atoms with Gasteiger partial charge in [0, 0.05) is 22.9 Å². The Morgan fingerprint density at radius 3 is 2.48 bits per heavy atom. The van der Waals surface area contributed by atoms with Gasteiger partial charge < -0.3 is 14.8 Å². The van der Waals surface area contributed by atoms with Crippen LogP contribution in [0.25, 0.3) is 0 Å². The minimum absolute atomic E-state index is 0.105.